The van der Waals surface area contributed by atoms with Crippen LogP contribution in [0.3, 0.4) is 0 Å². The third kappa shape index (κ3) is 18.6. The molecule has 0 heterocycles. The van der Waals surface area contributed by atoms with Crippen LogP contribution in [0.5, 0.6) is 0 Å². The molecule has 0 aromatic carbocycles. The van der Waals surface area contributed by atoms with Gasteiger partial charge < -0.3 is 14.7 Å². The smallest absolute Gasteiger partial charge is 0.303 e. The molecule has 3 N–H and O–H groups in total. The summed E-state index contributed by atoms with van der Waals surface area (Å²) in [5, 5.41) is 0. The summed E-state index contributed by atoms with van der Waals surface area (Å²) >= 11 is 0. The van der Waals surface area contributed by atoms with Gasteiger partial charge in [0.15, 0.2) is 6.61 Å². The predicted octanol–water partition coefficient (Wildman–Crippen LogP) is 1.04. The summed E-state index contributed by atoms with van der Waals surface area (Å²) < 4.78 is 66.3. The monoisotopic (exact) mass is 306 g/mol. The van der Waals surface area contributed by atoms with Crippen LogP contribution in [0.4, 0.5) is 13.2 Å². The van der Waals surface area contributed by atoms with Crippen LogP contribution in [0, 0.1) is 0 Å². The molecule has 106 valence electrons. The summed E-state index contributed by atoms with van der Waals surface area (Å²) in [7, 11) is -6.77. The molecule has 0 amide bonds. The van der Waals surface area contributed by atoms with E-state index in [0.717, 1.165) is 14.2 Å². The molecule has 0 saturated carbocycles. The van der Waals surface area contributed by atoms with Gasteiger partial charge in [0, 0.05) is 14.2 Å². The van der Waals surface area contributed by atoms with E-state index < -0.39 is 28.4 Å². The fourth-order valence-corrected chi connectivity index (χ4v) is 0.997. The van der Waals surface area contributed by atoms with Crippen LogP contribution in [0.15, 0.2) is 0 Å². The zero-order valence-electron chi connectivity index (χ0n) is 8.62. The van der Waals surface area contributed by atoms with Gasteiger partial charge in [0.1, 0.15) is 0 Å². The molecule has 0 aromatic heterocycles. The first-order valence-corrected chi connectivity index (χ1v) is 6.56. The fourth-order valence-electron chi connectivity index (χ4n) is 0.332. The molecule has 0 bridgehead atoms. The highest BCUT2D eigenvalue weighted by molar-refractivity contribution is 7.48. The van der Waals surface area contributed by atoms with Crippen LogP contribution >= 0.6 is 15.6 Å². The second kappa shape index (κ2) is 7.45. The van der Waals surface area contributed by atoms with Crippen LogP contribution < -0.4 is 0 Å². The van der Waals surface area contributed by atoms with E-state index >= 15 is 0 Å². The Bertz CT molecular complexity index is 281. The van der Waals surface area contributed by atoms with Gasteiger partial charge in [-0.3, -0.25) is 13.6 Å². The third-order valence-corrected chi connectivity index (χ3v) is 2.17. The van der Waals surface area contributed by atoms with E-state index in [9.17, 15) is 17.7 Å². The second-order valence-corrected chi connectivity index (χ2v) is 5.12. The summed E-state index contributed by atoms with van der Waals surface area (Å²) in [4.78, 5) is 21.6. The third-order valence-electron chi connectivity index (χ3n) is 0.834. The van der Waals surface area contributed by atoms with Gasteiger partial charge in [-0.2, -0.15) is 13.2 Å². The highest BCUT2D eigenvalue weighted by Gasteiger charge is 2.34. The largest absolute Gasteiger partial charge is 0.474 e. The molecule has 0 fully saturated rings. The number of phosphoric ester groups is 1. The molecule has 0 radical (unpaired) electrons. The van der Waals surface area contributed by atoms with Gasteiger partial charge in [-0.05, 0) is 0 Å². The van der Waals surface area contributed by atoms with Crippen LogP contribution in [-0.2, 0) is 22.7 Å². The molecule has 0 spiro atoms. The standard InChI is InChI=1S/C4H8F3O4P.H3O4P/c1-9-12(8,10-2)11-3-4(5,6)7;1-5(2,3)4/h3H2,1-2H3;(H3,1,2,3,4). The van der Waals surface area contributed by atoms with E-state index in [1.807, 2.05) is 0 Å². The minimum Gasteiger partial charge on any atom is -0.303 e. The number of hydrogen-bond donors (Lipinski definition) is 3. The van der Waals surface area contributed by atoms with E-state index in [1.54, 1.807) is 0 Å². The lowest BCUT2D eigenvalue weighted by Gasteiger charge is -2.14. The van der Waals surface area contributed by atoms with Crippen molar-refractivity contribution < 1.29 is 50.6 Å². The SMILES string of the molecule is COP(=O)(OC)OCC(F)(F)F.O=P(O)(O)O. The fraction of sp³-hybridized carbons (Fsp3) is 1.00. The van der Waals surface area contributed by atoms with E-state index in [1.165, 1.54) is 0 Å². The van der Waals surface area contributed by atoms with Crippen molar-refractivity contribution in [2.24, 2.45) is 0 Å². The maximum Gasteiger partial charge on any atom is 0.474 e. The maximum atomic E-state index is 11.5. The average molecular weight is 306 g/mol. The zero-order chi connectivity index (χ0) is 14.3. The Morgan fingerprint density at radius 1 is 1.06 bits per heavy atom. The normalized spacial score (nSPS) is 12.9. The zero-order valence-corrected chi connectivity index (χ0v) is 10.4. The summed E-state index contributed by atoms with van der Waals surface area (Å²) in [6, 6.07) is 0. The lowest BCUT2D eigenvalue weighted by molar-refractivity contribution is -0.157. The van der Waals surface area contributed by atoms with E-state index in [4.69, 9.17) is 19.2 Å². The van der Waals surface area contributed by atoms with Gasteiger partial charge >= 0.3 is 21.8 Å². The molecule has 8 nitrogen and oxygen atoms in total. The first-order valence-electron chi connectivity index (χ1n) is 3.54. The minimum atomic E-state index is -4.64. The Morgan fingerprint density at radius 3 is 1.53 bits per heavy atom. The summed E-state index contributed by atoms with van der Waals surface area (Å²) in [6.45, 7) is -1.66. The van der Waals surface area contributed by atoms with E-state index in [0.29, 0.717) is 0 Å². The van der Waals surface area contributed by atoms with Crippen LogP contribution in [0.1, 0.15) is 0 Å². The molecule has 0 aliphatic rings. The minimum absolute atomic E-state index is 0.931. The van der Waals surface area contributed by atoms with Crippen molar-refractivity contribution in [3.05, 3.63) is 0 Å². The van der Waals surface area contributed by atoms with Crippen LogP contribution in [-0.4, -0.2) is 41.7 Å². The number of phosphoric acid groups is 2. The van der Waals surface area contributed by atoms with Crippen molar-refractivity contribution in [1.82, 2.24) is 0 Å². The lowest BCUT2D eigenvalue weighted by atomic mass is 10.7. The molecule has 0 aromatic rings. The second-order valence-electron chi connectivity index (χ2n) is 2.21. The van der Waals surface area contributed by atoms with Gasteiger partial charge in [-0.15, -0.1) is 0 Å². The molecule has 0 rings (SSSR count). The van der Waals surface area contributed by atoms with Crippen molar-refractivity contribution in [2.45, 2.75) is 6.18 Å². The summed E-state index contributed by atoms with van der Waals surface area (Å²) in [6.07, 6.45) is -4.55. The molecule has 0 atom stereocenters. The number of halogens is 3. The van der Waals surface area contributed by atoms with Gasteiger partial charge in [0.05, 0.1) is 0 Å². The molecular weight excluding hydrogens is 295 g/mol. The molecule has 0 unspecified atom stereocenters. The van der Waals surface area contributed by atoms with Crippen molar-refractivity contribution in [3.63, 3.8) is 0 Å². The molecule has 17 heavy (non-hydrogen) atoms. The average Bonchev–Trinajstić information content (AvgIpc) is 2.10. The molecule has 0 aliphatic carbocycles. The summed E-state index contributed by atoms with van der Waals surface area (Å²) in [5.41, 5.74) is 0. The Kier molecular flexibility index (Phi) is 8.48. The quantitative estimate of drug-likeness (QED) is 0.658. The van der Waals surface area contributed by atoms with Crippen molar-refractivity contribution in [1.29, 1.82) is 0 Å². The molecular formula is C4H11F3O8P2. The Balaban J connectivity index is 0. The summed E-state index contributed by atoms with van der Waals surface area (Å²) in [5.74, 6) is 0. The van der Waals surface area contributed by atoms with Crippen LogP contribution in [0.25, 0.3) is 0 Å². The first-order chi connectivity index (χ1) is 7.33. The lowest BCUT2D eigenvalue weighted by Crippen LogP contribution is -2.16. The Morgan fingerprint density at radius 2 is 1.35 bits per heavy atom. The van der Waals surface area contributed by atoms with Gasteiger partial charge in [0.2, 0.25) is 0 Å². The predicted molar refractivity (Wildman–Crippen MR) is 47.9 cm³/mol. The van der Waals surface area contributed by atoms with Crippen molar-refractivity contribution in [2.75, 3.05) is 20.8 Å². The number of hydrogen-bond acceptors (Lipinski definition) is 5. The number of alkyl halides is 3. The Labute approximate surface area is 94.2 Å². The molecule has 13 heteroatoms. The highest BCUT2D eigenvalue weighted by Crippen LogP contribution is 2.48. The number of rotatable bonds is 4. The molecule has 0 saturated heterocycles. The maximum absolute atomic E-state index is 11.5. The van der Waals surface area contributed by atoms with E-state index in [2.05, 4.69) is 13.6 Å². The topological polar surface area (TPSA) is 123 Å². The van der Waals surface area contributed by atoms with Crippen LogP contribution in [0.2, 0.25) is 0 Å². The Hall–Kier alpha value is 0.01000. The van der Waals surface area contributed by atoms with Gasteiger partial charge in [-0.1, -0.05) is 0 Å². The van der Waals surface area contributed by atoms with Gasteiger partial charge in [-0.25, -0.2) is 9.13 Å². The first kappa shape index (κ1) is 19.4. The van der Waals surface area contributed by atoms with Gasteiger partial charge in [0.25, 0.3) is 0 Å². The van der Waals surface area contributed by atoms with Crippen molar-refractivity contribution in [3.8, 4) is 0 Å². The van der Waals surface area contributed by atoms with E-state index in [-0.39, 0.29) is 0 Å². The molecule has 0 aliphatic heterocycles. The highest BCUT2D eigenvalue weighted by atomic mass is 31.2. The van der Waals surface area contributed by atoms with Crippen molar-refractivity contribution >= 4 is 15.6 Å².